The summed E-state index contributed by atoms with van der Waals surface area (Å²) in [6, 6.07) is 31.4. The summed E-state index contributed by atoms with van der Waals surface area (Å²) in [6.07, 6.45) is 2.09. The first-order valence-electron chi connectivity index (χ1n) is 11.6. The first kappa shape index (κ1) is 22.5. The maximum absolute atomic E-state index is 12.5. The molecular formula is C29H31N3O. The molecule has 1 N–H and O–H groups in total. The van der Waals surface area contributed by atoms with E-state index in [0.717, 1.165) is 35.5 Å². The van der Waals surface area contributed by atoms with E-state index in [-0.39, 0.29) is 11.8 Å². The van der Waals surface area contributed by atoms with E-state index in [0.29, 0.717) is 13.0 Å². The fourth-order valence-electron chi connectivity index (χ4n) is 4.29. The van der Waals surface area contributed by atoms with Crippen LogP contribution in [0.4, 0.5) is 0 Å². The lowest BCUT2D eigenvalue weighted by atomic mass is 9.88. The zero-order valence-electron chi connectivity index (χ0n) is 19.4. The van der Waals surface area contributed by atoms with Gasteiger partial charge in [0.25, 0.3) is 0 Å². The van der Waals surface area contributed by atoms with Crippen LogP contribution in [-0.4, -0.2) is 22.2 Å². The molecule has 0 fully saturated rings. The molecule has 0 aliphatic heterocycles. The Morgan fingerprint density at radius 1 is 0.879 bits per heavy atom. The predicted molar refractivity (Wildman–Crippen MR) is 134 cm³/mol. The summed E-state index contributed by atoms with van der Waals surface area (Å²) >= 11 is 0. The second-order valence-electron chi connectivity index (χ2n) is 8.52. The first-order valence-corrected chi connectivity index (χ1v) is 11.6. The SMILES string of the molecule is Cc1cc(C)n(-c2ccc(CCC(=O)NCCC(c3ccccc3)c3ccccc3)cc2)n1. The first-order chi connectivity index (χ1) is 16.1. The van der Waals surface area contributed by atoms with Crippen molar-refractivity contribution in [3.63, 3.8) is 0 Å². The summed E-state index contributed by atoms with van der Waals surface area (Å²) < 4.78 is 1.95. The highest BCUT2D eigenvalue weighted by Gasteiger charge is 2.14. The molecule has 4 heteroatoms. The van der Waals surface area contributed by atoms with Gasteiger partial charge in [-0.3, -0.25) is 4.79 Å². The highest BCUT2D eigenvalue weighted by Crippen LogP contribution is 2.27. The quantitative estimate of drug-likeness (QED) is 0.362. The Morgan fingerprint density at radius 2 is 1.48 bits per heavy atom. The summed E-state index contributed by atoms with van der Waals surface area (Å²) in [4.78, 5) is 12.5. The predicted octanol–water partition coefficient (Wildman–Crippen LogP) is 5.76. The molecule has 4 aromatic rings. The minimum absolute atomic E-state index is 0.0949. The molecule has 4 nitrogen and oxygen atoms in total. The molecule has 33 heavy (non-hydrogen) atoms. The van der Waals surface area contributed by atoms with Gasteiger partial charge in [-0.2, -0.15) is 5.10 Å². The second-order valence-corrected chi connectivity index (χ2v) is 8.52. The van der Waals surface area contributed by atoms with Gasteiger partial charge >= 0.3 is 0 Å². The highest BCUT2D eigenvalue weighted by atomic mass is 16.1. The third-order valence-corrected chi connectivity index (χ3v) is 5.99. The lowest BCUT2D eigenvalue weighted by molar-refractivity contribution is -0.121. The Labute approximate surface area is 196 Å². The van der Waals surface area contributed by atoms with Crippen LogP contribution < -0.4 is 5.32 Å². The van der Waals surface area contributed by atoms with Crippen molar-refractivity contribution in [2.75, 3.05) is 6.54 Å². The Kier molecular flexibility index (Phi) is 7.36. The van der Waals surface area contributed by atoms with Crippen LogP contribution in [0.15, 0.2) is 91.0 Å². The van der Waals surface area contributed by atoms with Crippen LogP contribution in [0.1, 0.15) is 46.8 Å². The average Bonchev–Trinajstić information content (AvgIpc) is 3.19. The standard InChI is InChI=1S/C29H31N3O/c1-22-21-23(2)32(31-22)27-16-13-24(14-17-27)15-18-29(33)30-20-19-28(25-9-5-3-6-10-25)26-11-7-4-8-12-26/h3-14,16-17,21,28H,15,18-20H2,1-2H3,(H,30,33). The monoisotopic (exact) mass is 437 g/mol. The van der Waals surface area contributed by atoms with Gasteiger partial charge in [-0.15, -0.1) is 0 Å². The van der Waals surface area contributed by atoms with Gasteiger partial charge in [-0.25, -0.2) is 4.68 Å². The molecule has 1 heterocycles. The third-order valence-electron chi connectivity index (χ3n) is 5.99. The summed E-state index contributed by atoms with van der Waals surface area (Å²) in [6.45, 7) is 4.71. The molecule has 0 saturated carbocycles. The van der Waals surface area contributed by atoms with Crippen LogP contribution in [-0.2, 0) is 11.2 Å². The number of rotatable bonds is 9. The van der Waals surface area contributed by atoms with Crippen LogP contribution in [0.2, 0.25) is 0 Å². The molecule has 0 saturated heterocycles. The van der Waals surface area contributed by atoms with Crippen molar-refractivity contribution in [3.8, 4) is 5.69 Å². The van der Waals surface area contributed by atoms with Gasteiger partial charge < -0.3 is 5.32 Å². The van der Waals surface area contributed by atoms with Gasteiger partial charge in [0.15, 0.2) is 0 Å². The molecule has 0 bridgehead atoms. The number of carbonyl (C=O) groups excluding carboxylic acids is 1. The molecule has 168 valence electrons. The van der Waals surface area contributed by atoms with Crippen molar-refractivity contribution in [1.29, 1.82) is 0 Å². The topological polar surface area (TPSA) is 46.9 Å². The lowest BCUT2D eigenvalue weighted by Gasteiger charge is -2.18. The Balaban J connectivity index is 1.29. The number of nitrogens with one attached hydrogen (secondary N) is 1. The van der Waals surface area contributed by atoms with Crippen molar-refractivity contribution < 1.29 is 4.79 Å². The van der Waals surface area contributed by atoms with E-state index in [1.54, 1.807) is 0 Å². The van der Waals surface area contributed by atoms with Crippen LogP contribution in [0, 0.1) is 13.8 Å². The lowest BCUT2D eigenvalue weighted by Crippen LogP contribution is -2.26. The molecule has 0 radical (unpaired) electrons. The molecule has 3 aromatic carbocycles. The maximum Gasteiger partial charge on any atom is 0.220 e. The van der Waals surface area contributed by atoms with E-state index in [9.17, 15) is 4.79 Å². The van der Waals surface area contributed by atoms with E-state index >= 15 is 0 Å². The minimum atomic E-state index is 0.0949. The van der Waals surface area contributed by atoms with Crippen molar-refractivity contribution in [1.82, 2.24) is 15.1 Å². The van der Waals surface area contributed by atoms with Gasteiger partial charge in [-0.1, -0.05) is 72.8 Å². The zero-order valence-corrected chi connectivity index (χ0v) is 19.4. The van der Waals surface area contributed by atoms with Crippen molar-refractivity contribution in [2.45, 2.75) is 39.0 Å². The van der Waals surface area contributed by atoms with Crippen LogP contribution in [0.25, 0.3) is 5.69 Å². The van der Waals surface area contributed by atoms with Crippen molar-refractivity contribution in [2.24, 2.45) is 0 Å². The summed E-state index contributed by atoms with van der Waals surface area (Å²) in [5, 5.41) is 7.65. The average molecular weight is 438 g/mol. The van der Waals surface area contributed by atoms with Gasteiger partial charge in [0, 0.05) is 24.6 Å². The normalized spacial score (nSPS) is 11.0. The molecular weight excluding hydrogens is 406 g/mol. The Morgan fingerprint density at radius 3 is 2.03 bits per heavy atom. The number of benzene rings is 3. The molecule has 0 atom stereocenters. The van der Waals surface area contributed by atoms with Gasteiger partial charge in [0.2, 0.25) is 5.91 Å². The van der Waals surface area contributed by atoms with Gasteiger partial charge in [0.05, 0.1) is 11.4 Å². The van der Waals surface area contributed by atoms with Crippen molar-refractivity contribution >= 4 is 5.91 Å². The molecule has 0 unspecified atom stereocenters. The molecule has 1 aromatic heterocycles. The van der Waals surface area contributed by atoms with Crippen LogP contribution in [0.3, 0.4) is 0 Å². The number of aromatic nitrogens is 2. The van der Waals surface area contributed by atoms with Crippen molar-refractivity contribution in [3.05, 3.63) is 119 Å². The second kappa shape index (κ2) is 10.8. The Hall–Kier alpha value is -3.66. The largest absolute Gasteiger partial charge is 0.356 e. The Bertz CT molecular complexity index is 1130. The van der Waals surface area contributed by atoms with E-state index < -0.39 is 0 Å². The maximum atomic E-state index is 12.5. The fourth-order valence-corrected chi connectivity index (χ4v) is 4.29. The molecule has 4 rings (SSSR count). The molecule has 1 amide bonds. The number of hydrogen-bond donors (Lipinski definition) is 1. The molecule has 0 spiro atoms. The van der Waals surface area contributed by atoms with Gasteiger partial charge in [0.1, 0.15) is 0 Å². The molecule has 0 aliphatic carbocycles. The number of carbonyl (C=O) groups is 1. The van der Waals surface area contributed by atoms with Crippen LogP contribution in [0.5, 0.6) is 0 Å². The highest BCUT2D eigenvalue weighted by molar-refractivity contribution is 5.76. The summed E-state index contributed by atoms with van der Waals surface area (Å²) in [5.41, 5.74) is 6.88. The number of nitrogens with zero attached hydrogens (tertiary/aromatic N) is 2. The van der Waals surface area contributed by atoms with E-state index in [4.69, 9.17) is 0 Å². The minimum Gasteiger partial charge on any atom is -0.356 e. The van der Waals surface area contributed by atoms with Crippen LogP contribution >= 0.6 is 0 Å². The van der Waals surface area contributed by atoms with E-state index in [2.05, 4.69) is 96.2 Å². The summed E-state index contributed by atoms with van der Waals surface area (Å²) in [5.74, 6) is 0.368. The zero-order chi connectivity index (χ0) is 23.0. The number of amides is 1. The number of hydrogen-bond acceptors (Lipinski definition) is 2. The summed E-state index contributed by atoms with van der Waals surface area (Å²) in [7, 11) is 0. The smallest absolute Gasteiger partial charge is 0.220 e. The van der Waals surface area contributed by atoms with Gasteiger partial charge in [-0.05, 0) is 61.6 Å². The third kappa shape index (κ3) is 5.98. The van der Waals surface area contributed by atoms with E-state index in [1.807, 2.05) is 23.7 Å². The molecule has 0 aliphatic rings. The fraction of sp³-hybridized carbons (Fsp3) is 0.241. The number of aryl methyl sites for hydroxylation is 3. The van der Waals surface area contributed by atoms with E-state index in [1.165, 1.54) is 11.1 Å².